The number of amides is 1. The first kappa shape index (κ1) is 20.8. The summed E-state index contributed by atoms with van der Waals surface area (Å²) in [5, 5.41) is 23.5. The minimum atomic E-state index is -2.95. The molecule has 1 fully saturated rings. The van der Waals surface area contributed by atoms with Gasteiger partial charge in [-0.1, -0.05) is 6.92 Å². The molecule has 0 bridgehead atoms. The number of fused-ring (bicyclic) bond motifs is 1. The number of aliphatic hydroxyl groups excluding tert-OH is 1. The van der Waals surface area contributed by atoms with Gasteiger partial charge in [0.1, 0.15) is 11.7 Å². The Kier molecular flexibility index (Phi) is 5.15. The number of nitrogens with one attached hydrogen (secondary N) is 1. The molecular formula is C23H20F2N4O2. The van der Waals surface area contributed by atoms with Crippen LogP contribution < -0.4 is 5.32 Å². The number of halogens is 2. The predicted octanol–water partition coefficient (Wildman–Crippen LogP) is 4.51. The van der Waals surface area contributed by atoms with Gasteiger partial charge in [-0.15, -0.1) is 0 Å². The van der Waals surface area contributed by atoms with Crippen LogP contribution in [0.15, 0.2) is 36.7 Å². The van der Waals surface area contributed by atoms with Crippen LogP contribution in [0.4, 0.5) is 14.6 Å². The number of pyridine rings is 2. The number of carbonyl (C=O) groups excluding carboxylic acids is 1. The summed E-state index contributed by atoms with van der Waals surface area (Å²) >= 11 is 0. The van der Waals surface area contributed by atoms with E-state index >= 15 is 0 Å². The van der Waals surface area contributed by atoms with E-state index in [1.54, 1.807) is 24.4 Å². The summed E-state index contributed by atoms with van der Waals surface area (Å²) in [6.07, 6.45) is 2.62. The molecule has 2 atom stereocenters. The lowest BCUT2D eigenvalue weighted by molar-refractivity contribution is -0.119. The molecule has 158 valence electrons. The Balaban J connectivity index is 1.69. The average Bonchev–Trinajstić information content (AvgIpc) is 3.40. The third kappa shape index (κ3) is 3.97. The molecule has 0 saturated heterocycles. The zero-order chi connectivity index (χ0) is 22.3. The zero-order valence-electron chi connectivity index (χ0n) is 17.0. The molecule has 1 saturated carbocycles. The van der Waals surface area contributed by atoms with Crippen LogP contribution in [0.2, 0.25) is 0 Å². The summed E-state index contributed by atoms with van der Waals surface area (Å²) in [6, 6.07) is 9.02. The molecule has 0 unspecified atom stereocenters. The van der Waals surface area contributed by atoms with Crippen molar-refractivity contribution in [2.75, 3.05) is 5.32 Å². The molecule has 1 aliphatic rings. The van der Waals surface area contributed by atoms with E-state index in [1.807, 2.05) is 19.9 Å². The highest BCUT2D eigenvalue weighted by molar-refractivity contribution is 5.97. The predicted molar refractivity (Wildman–Crippen MR) is 111 cm³/mol. The summed E-state index contributed by atoms with van der Waals surface area (Å²) < 4.78 is 26.2. The molecule has 1 aliphatic carbocycles. The van der Waals surface area contributed by atoms with E-state index < -0.39 is 30.3 Å². The van der Waals surface area contributed by atoms with Crippen molar-refractivity contribution < 1.29 is 18.7 Å². The second-order valence-electron chi connectivity index (χ2n) is 7.78. The largest absolute Gasteiger partial charge is 0.387 e. The number of rotatable bonds is 5. The van der Waals surface area contributed by atoms with Crippen molar-refractivity contribution in [2.24, 2.45) is 5.92 Å². The smallest absolute Gasteiger partial charge is 0.260 e. The number of hydrogen-bond acceptors (Lipinski definition) is 5. The van der Waals surface area contributed by atoms with Crippen LogP contribution in [0.5, 0.6) is 0 Å². The number of alkyl halides is 2. The van der Waals surface area contributed by atoms with Gasteiger partial charge in [0, 0.05) is 35.3 Å². The quantitative estimate of drug-likeness (QED) is 0.630. The highest BCUT2D eigenvalue weighted by atomic mass is 19.3. The fourth-order valence-corrected chi connectivity index (χ4v) is 3.54. The van der Waals surface area contributed by atoms with E-state index in [1.165, 1.54) is 6.20 Å². The summed E-state index contributed by atoms with van der Waals surface area (Å²) in [5.41, 5.74) is 3.29. The standard InChI is InChI=1S/C23H20F2N4O2/c1-3-20(30)19-4-12(2)17(11-27-19)16-6-15-10-28-21(7-13(15)5-14(16)9-26)29-22(31)18-8-23(18,24)25/h4-7,10-11,18,20,30H,3,8H2,1-2H3,(H,28,29,31)/t18-,20+/m1/s1. The van der Waals surface area contributed by atoms with Crippen LogP contribution >= 0.6 is 0 Å². The lowest BCUT2D eigenvalue weighted by atomic mass is 9.94. The van der Waals surface area contributed by atoms with Gasteiger partial charge < -0.3 is 10.4 Å². The average molecular weight is 422 g/mol. The molecule has 3 aromatic rings. The number of hydrogen-bond donors (Lipinski definition) is 2. The van der Waals surface area contributed by atoms with Crippen molar-refractivity contribution in [3.63, 3.8) is 0 Å². The van der Waals surface area contributed by atoms with Crippen LogP contribution in [0.3, 0.4) is 0 Å². The molecule has 2 heterocycles. The van der Waals surface area contributed by atoms with Crippen LogP contribution in [0, 0.1) is 24.2 Å². The number of nitriles is 1. The molecule has 1 aromatic carbocycles. The number of nitrogens with zero attached hydrogens (tertiary/aromatic N) is 3. The van der Waals surface area contributed by atoms with Crippen LogP contribution in [0.1, 0.15) is 42.7 Å². The highest BCUT2D eigenvalue weighted by Crippen LogP contribution is 2.49. The number of carbonyl (C=O) groups is 1. The summed E-state index contributed by atoms with van der Waals surface area (Å²) in [6.45, 7) is 3.76. The molecule has 2 N–H and O–H groups in total. The van der Waals surface area contributed by atoms with Gasteiger partial charge in [0.2, 0.25) is 5.91 Å². The van der Waals surface area contributed by atoms with Gasteiger partial charge >= 0.3 is 0 Å². The van der Waals surface area contributed by atoms with E-state index in [0.717, 1.165) is 16.5 Å². The SMILES string of the molecule is CC[C@H](O)c1cc(C)c(-c2cc3cnc(NC(=O)[C@H]4CC4(F)F)cc3cc2C#N)cn1. The maximum atomic E-state index is 13.1. The molecule has 0 aliphatic heterocycles. The first-order valence-electron chi connectivity index (χ1n) is 9.91. The molecule has 6 nitrogen and oxygen atoms in total. The second-order valence-corrected chi connectivity index (χ2v) is 7.78. The van der Waals surface area contributed by atoms with Gasteiger partial charge in [-0.05, 0) is 48.6 Å². The number of benzene rings is 1. The Hall–Kier alpha value is -3.44. The molecule has 0 spiro atoms. The third-order valence-electron chi connectivity index (χ3n) is 5.52. The van der Waals surface area contributed by atoms with Crippen LogP contribution in [-0.4, -0.2) is 26.9 Å². The summed E-state index contributed by atoms with van der Waals surface area (Å²) in [4.78, 5) is 20.4. The topological polar surface area (TPSA) is 98.9 Å². The molecule has 0 radical (unpaired) electrons. The van der Waals surface area contributed by atoms with E-state index in [-0.39, 0.29) is 5.82 Å². The Labute approximate surface area is 177 Å². The monoisotopic (exact) mass is 422 g/mol. The number of aryl methyl sites for hydroxylation is 1. The van der Waals surface area contributed by atoms with Gasteiger partial charge in [-0.2, -0.15) is 5.26 Å². The lowest BCUT2D eigenvalue weighted by Gasteiger charge is -2.13. The van der Waals surface area contributed by atoms with E-state index in [4.69, 9.17) is 0 Å². The van der Waals surface area contributed by atoms with E-state index in [9.17, 15) is 23.9 Å². The van der Waals surface area contributed by atoms with Crippen molar-refractivity contribution in [1.29, 1.82) is 5.26 Å². The Bertz CT molecular complexity index is 1240. The van der Waals surface area contributed by atoms with Crippen molar-refractivity contribution in [1.82, 2.24) is 9.97 Å². The Morgan fingerprint density at radius 2 is 2.00 bits per heavy atom. The van der Waals surface area contributed by atoms with Gasteiger partial charge in [-0.3, -0.25) is 9.78 Å². The molecule has 4 rings (SSSR count). The van der Waals surface area contributed by atoms with Crippen molar-refractivity contribution in [3.8, 4) is 17.2 Å². The maximum Gasteiger partial charge on any atom is 0.260 e. The lowest BCUT2D eigenvalue weighted by Crippen LogP contribution is -2.18. The van der Waals surface area contributed by atoms with E-state index in [2.05, 4.69) is 21.4 Å². The van der Waals surface area contributed by atoms with Gasteiger partial charge in [0.05, 0.1) is 23.4 Å². The van der Waals surface area contributed by atoms with E-state index in [0.29, 0.717) is 28.6 Å². The first-order valence-corrected chi connectivity index (χ1v) is 9.91. The van der Waals surface area contributed by atoms with Crippen molar-refractivity contribution in [3.05, 3.63) is 53.5 Å². The van der Waals surface area contributed by atoms with Crippen LogP contribution in [-0.2, 0) is 4.79 Å². The molecular weight excluding hydrogens is 402 g/mol. The summed E-state index contributed by atoms with van der Waals surface area (Å²) in [7, 11) is 0. The van der Waals surface area contributed by atoms with Crippen molar-refractivity contribution >= 4 is 22.5 Å². The van der Waals surface area contributed by atoms with Crippen LogP contribution in [0.25, 0.3) is 21.9 Å². The molecule has 8 heteroatoms. The molecule has 31 heavy (non-hydrogen) atoms. The fraction of sp³-hybridized carbons (Fsp3) is 0.304. The highest BCUT2D eigenvalue weighted by Gasteiger charge is 2.61. The Morgan fingerprint density at radius 1 is 1.26 bits per heavy atom. The fourth-order valence-electron chi connectivity index (χ4n) is 3.54. The minimum absolute atomic E-state index is 0.160. The minimum Gasteiger partial charge on any atom is -0.387 e. The zero-order valence-corrected chi connectivity index (χ0v) is 17.0. The van der Waals surface area contributed by atoms with Gasteiger partial charge in [0.15, 0.2) is 0 Å². The summed E-state index contributed by atoms with van der Waals surface area (Å²) in [5.74, 6) is -4.86. The number of anilines is 1. The first-order chi connectivity index (χ1) is 14.7. The third-order valence-corrected chi connectivity index (χ3v) is 5.52. The normalized spacial score (nSPS) is 17.7. The molecule has 1 amide bonds. The number of aromatic nitrogens is 2. The Morgan fingerprint density at radius 3 is 2.61 bits per heavy atom. The van der Waals surface area contributed by atoms with Crippen molar-refractivity contribution in [2.45, 2.75) is 38.7 Å². The molecule has 2 aromatic heterocycles. The van der Waals surface area contributed by atoms with Gasteiger partial charge in [0.25, 0.3) is 5.92 Å². The van der Waals surface area contributed by atoms with Gasteiger partial charge in [-0.25, -0.2) is 13.8 Å². The maximum absolute atomic E-state index is 13.1. The number of aliphatic hydroxyl groups is 1. The second kappa shape index (κ2) is 7.67.